The van der Waals surface area contributed by atoms with Crippen LogP contribution in [0.25, 0.3) is 0 Å². The van der Waals surface area contributed by atoms with Gasteiger partial charge in [-0.25, -0.2) is 0 Å². The number of nitrogens with zero attached hydrogens (tertiary/aromatic N) is 1. The van der Waals surface area contributed by atoms with Crippen molar-refractivity contribution in [3.05, 3.63) is 45.5 Å². The Morgan fingerprint density at radius 2 is 1.91 bits per heavy atom. The molecule has 0 aromatic heterocycles. The zero-order valence-electron chi connectivity index (χ0n) is 11.5. The lowest BCUT2D eigenvalue weighted by Gasteiger charge is -2.20. The molecule has 1 aromatic rings. The largest absolute Gasteiger partial charge is 0.481 e. The molecule has 2 bridgehead atoms. The Kier molecular flexibility index (Phi) is 3.78. The third-order valence-electron chi connectivity index (χ3n) is 3.90. The normalized spacial score (nSPS) is 27.9. The summed E-state index contributed by atoms with van der Waals surface area (Å²) in [5, 5.41) is 22.6. The molecule has 1 amide bonds. The summed E-state index contributed by atoms with van der Waals surface area (Å²) in [5.41, 5.74) is -0.176. The molecule has 23 heavy (non-hydrogen) atoms. The fraction of sp³-hybridized carbons (Fsp3) is 0.286. The molecule has 3 rings (SSSR count). The van der Waals surface area contributed by atoms with Crippen molar-refractivity contribution in [2.45, 2.75) is 12.2 Å². The Hall–Kier alpha value is -2.45. The van der Waals surface area contributed by atoms with Gasteiger partial charge in [-0.3, -0.25) is 19.7 Å². The second kappa shape index (κ2) is 5.64. The first kappa shape index (κ1) is 15.4. The highest BCUT2D eigenvalue weighted by molar-refractivity contribution is 6.32. The molecule has 2 heterocycles. The maximum atomic E-state index is 12.4. The Labute approximate surface area is 134 Å². The van der Waals surface area contributed by atoms with Gasteiger partial charge in [-0.1, -0.05) is 23.8 Å². The maximum Gasteiger partial charge on any atom is 0.310 e. The van der Waals surface area contributed by atoms with Gasteiger partial charge in [-0.05, 0) is 12.1 Å². The topological polar surface area (TPSA) is 119 Å². The molecule has 0 saturated carbocycles. The second-order valence-electron chi connectivity index (χ2n) is 5.25. The molecule has 0 aliphatic carbocycles. The van der Waals surface area contributed by atoms with E-state index < -0.39 is 40.8 Å². The standard InChI is InChI=1S/C14H11ClN2O6/c15-7-2-1-6(5-8(7)17(21)22)16-13(18)11-9-3-4-10(23-9)12(11)14(19)20/h1-5,9-12H,(H,16,18)(H,19,20)/t9-,10+,11+,12-/m1/s1. The van der Waals surface area contributed by atoms with Gasteiger partial charge in [0, 0.05) is 11.8 Å². The lowest BCUT2D eigenvalue weighted by atomic mass is 9.82. The summed E-state index contributed by atoms with van der Waals surface area (Å²) < 4.78 is 5.42. The molecule has 120 valence electrons. The number of hydrogen-bond acceptors (Lipinski definition) is 5. The van der Waals surface area contributed by atoms with Crippen molar-refractivity contribution in [3.63, 3.8) is 0 Å². The minimum atomic E-state index is -1.12. The van der Waals surface area contributed by atoms with E-state index >= 15 is 0 Å². The summed E-state index contributed by atoms with van der Waals surface area (Å²) in [5.74, 6) is -3.56. The third kappa shape index (κ3) is 2.66. The van der Waals surface area contributed by atoms with Crippen molar-refractivity contribution in [1.82, 2.24) is 0 Å². The van der Waals surface area contributed by atoms with Crippen LogP contribution in [0.1, 0.15) is 0 Å². The zero-order valence-corrected chi connectivity index (χ0v) is 12.3. The molecule has 8 nitrogen and oxygen atoms in total. The summed E-state index contributed by atoms with van der Waals surface area (Å²) in [6.45, 7) is 0. The molecule has 1 saturated heterocycles. The van der Waals surface area contributed by atoms with Gasteiger partial charge in [0.2, 0.25) is 5.91 Å². The number of ether oxygens (including phenoxy) is 1. The van der Waals surface area contributed by atoms with Crippen LogP contribution in [-0.2, 0) is 14.3 Å². The summed E-state index contributed by atoms with van der Waals surface area (Å²) >= 11 is 5.71. The number of nitro groups is 1. The molecule has 0 radical (unpaired) electrons. The smallest absolute Gasteiger partial charge is 0.310 e. The van der Waals surface area contributed by atoms with Gasteiger partial charge in [-0.2, -0.15) is 0 Å². The minimum absolute atomic E-state index is 0.0531. The van der Waals surface area contributed by atoms with E-state index in [4.69, 9.17) is 16.3 Å². The fourth-order valence-corrected chi connectivity index (χ4v) is 3.06. The molecule has 2 aliphatic rings. The monoisotopic (exact) mass is 338 g/mol. The van der Waals surface area contributed by atoms with Crippen LogP contribution in [0.4, 0.5) is 11.4 Å². The Morgan fingerprint density at radius 1 is 1.26 bits per heavy atom. The summed E-state index contributed by atoms with van der Waals surface area (Å²) in [6.07, 6.45) is 2.04. The summed E-state index contributed by atoms with van der Waals surface area (Å²) in [6, 6.07) is 3.83. The lowest BCUT2D eigenvalue weighted by molar-refractivity contribution is -0.384. The third-order valence-corrected chi connectivity index (χ3v) is 4.22. The summed E-state index contributed by atoms with van der Waals surface area (Å²) in [4.78, 5) is 33.9. The average molecular weight is 339 g/mol. The van der Waals surface area contributed by atoms with E-state index in [1.54, 1.807) is 12.2 Å². The number of aliphatic carboxylic acids is 1. The average Bonchev–Trinajstić information content (AvgIpc) is 3.09. The zero-order chi connectivity index (χ0) is 16.7. The molecular weight excluding hydrogens is 328 g/mol. The van der Waals surface area contributed by atoms with Gasteiger partial charge >= 0.3 is 5.97 Å². The highest BCUT2D eigenvalue weighted by atomic mass is 35.5. The number of fused-ring (bicyclic) bond motifs is 2. The lowest BCUT2D eigenvalue weighted by Crippen LogP contribution is -2.39. The first-order valence-electron chi connectivity index (χ1n) is 6.70. The number of carbonyl (C=O) groups excluding carboxylic acids is 1. The van der Waals surface area contributed by atoms with E-state index in [0.717, 1.165) is 6.07 Å². The number of benzene rings is 1. The van der Waals surface area contributed by atoms with Crippen molar-refractivity contribution in [2.24, 2.45) is 11.8 Å². The van der Waals surface area contributed by atoms with E-state index in [2.05, 4.69) is 5.32 Å². The number of nitro benzene ring substituents is 1. The van der Waals surface area contributed by atoms with Gasteiger partial charge in [0.05, 0.1) is 23.0 Å². The number of nitrogens with one attached hydrogen (secondary N) is 1. The molecule has 1 fully saturated rings. The van der Waals surface area contributed by atoms with Crippen molar-refractivity contribution < 1.29 is 24.4 Å². The molecule has 0 unspecified atom stereocenters. The number of carboxylic acid groups (broad SMARTS) is 1. The molecule has 0 spiro atoms. The van der Waals surface area contributed by atoms with Crippen LogP contribution < -0.4 is 5.32 Å². The summed E-state index contributed by atoms with van der Waals surface area (Å²) in [7, 11) is 0. The predicted molar refractivity (Wildman–Crippen MR) is 79.2 cm³/mol. The predicted octanol–water partition coefficient (Wildman–Crippen LogP) is 1.84. The van der Waals surface area contributed by atoms with Gasteiger partial charge in [-0.15, -0.1) is 0 Å². The molecular formula is C14H11ClN2O6. The van der Waals surface area contributed by atoms with Crippen LogP contribution in [0.5, 0.6) is 0 Å². The van der Waals surface area contributed by atoms with Crippen LogP contribution in [-0.4, -0.2) is 34.1 Å². The van der Waals surface area contributed by atoms with Crippen LogP contribution in [0.2, 0.25) is 5.02 Å². The molecule has 9 heteroatoms. The number of rotatable bonds is 4. The minimum Gasteiger partial charge on any atom is -0.481 e. The Morgan fingerprint density at radius 3 is 2.52 bits per heavy atom. The number of carboxylic acids is 1. The highest BCUT2D eigenvalue weighted by Crippen LogP contribution is 2.40. The fourth-order valence-electron chi connectivity index (χ4n) is 2.87. The van der Waals surface area contributed by atoms with E-state index in [1.807, 2.05) is 0 Å². The van der Waals surface area contributed by atoms with E-state index in [1.165, 1.54) is 12.1 Å². The number of amides is 1. The number of halogens is 1. The molecule has 1 aromatic carbocycles. The number of hydrogen-bond donors (Lipinski definition) is 2. The van der Waals surface area contributed by atoms with Crippen LogP contribution in [0, 0.1) is 22.0 Å². The molecule has 4 atom stereocenters. The van der Waals surface area contributed by atoms with E-state index in [0.29, 0.717) is 0 Å². The van der Waals surface area contributed by atoms with Crippen molar-refractivity contribution in [3.8, 4) is 0 Å². The van der Waals surface area contributed by atoms with Gasteiger partial charge in [0.1, 0.15) is 10.9 Å². The second-order valence-corrected chi connectivity index (χ2v) is 5.66. The van der Waals surface area contributed by atoms with E-state index in [9.17, 15) is 24.8 Å². The van der Waals surface area contributed by atoms with Gasteiger partial charge in [0.25, 0.3) is 5.69 Å². The van der Waals surface area contributed by atoms with Crippen LogP contribution in [0.3, 0.4) is 0 Å². The number of carbonyl (C=O) groups is 2. The van der Waals surface area contributed by atoms with Gasteiger partial charge in [0.15, 0.2) is 0 Å². The SMILES string of the molecule is O=C(Nc1ccc(Cl)c([N+](=O)[O-])c1)[C@@H]1[C@H](C(=O)O)[C@@H]2C=C[C@H]1O2. The molecule has 2 N–H and O–H groups in total. The maximum absolute atomic E-state index is 12.4. The van der Waals surface area contributed by atoms with E-state index in [-0.39, 0.29) is 16.4 Å². The Balaban J connectivity index is 1.82. The van der Waals surface area contributed by atoms with Crippen molar-refractivity contribution >= 4 is 34.9 Å². The van der Waals surface area contributed by atoms with Gasteiger partial charge < -0.3 is 15.2 Å². The first-order valence-corrected chi connectivity index (χ1v) is 7.07. The van der Waals surface area contributed by atoms with Crippen LogP contribution in [0.15, 0.2) is 30.4 Å². The Bertz CT molecular complexity index is 734. The quantitative estimate of drug-likeness (QED) is 0.491. The molecule has 2 aliphatic heterocycles. The first-order chi connectivity index (χ1) is 10.9. The van der Waals surface area contributed by atoms with Crippen LogP contribution >= 0.6 is 11.6 Å². The highest BCUT2D eigenvalue weighted by Gasteiger charge is 2.53. The van der Waals surface area contributed by atoms with Crippen molar-refractivity contribution in [2.75, 3.05) is 5.32 Å². The van der Waals surface area contributed by atoms with Crippen molar-refractivity contribution in [1.29, 1.82) is 0 Å². The number of anilines is 1.